The lowest BCUT2D eigenvalue weighted by Crippen LogP contribution is -2.60. The van der Waals surface area contributed by atoms with Crippen LogP contribution < -0.4 is 20.1 Å². The SMILES string of the molecule is C=C[C@H]1C[C@]1(NC(=O)[C@@H]1C[C@@H]2CN1C(=O)[C@H](C(C)(C)C)NC(=O)OCCCC/C=C/Cc1ccc(Br)cc1O2)C(=O)NS(=O)(=O)C1CC1. The minimum atomic E-state index is -3.87. The van der Waals surface area contributed by atoms with Crippen LogP contribution in [0.5, 0.6) is 5.75 Å². The number of carbonyl (C=O) groups excluding carboxylic acids is 4. The second kappa shape index (κ2) is 14.2. The van der Waals surface area contributed by atoms with Crippen LogP contribution in [-0.2, 0) is 35.6 Å². The summed E-state index contributed by atoms with van der Waals surface area (Å²) in [6.07, 6.45) is 8.41. The van der Waals surface area contributed by atoms with E-state index < -0.39 is 74.1 Å². The van der Waals surface area contributed by atoms with Crippen LogP contribution in [0.25, 0.3) is 0 Å². The molecule has 0 aromatic heterocycles. The van der Waals surface area contributed by atoms with E-state index in [0.29, 0.717) is 31.4 Å². The Bertz CT molecular complexity index is 1590. The first-order valence-corrected chi connectivity index (χ1v) is 18.8. The Balaban J connectivity index is 1.46. The fourth-order valence-electron chi connectivity index (χ4n) is 6.21. The van der Waals surface area contributed by atoms with Crippen LogP contribution in [0.15, 0.2) is 47.5 Å². The number of hydrogen-bond acceptors (Lipinski definition) is 8. The van der Waals surface area contributed by atoms with Gasteiger partial charge in [-0.2, -0.15) is 0 Å². The average molecular weight is 750 g/mol. The highest BCUT2D eigenvalue weighted by Crippen LogP contribution is 2.45. The second-order valence-corrected chi connectivity index (χ2v) is 17.0. The number of nitrogens with one attached hydrogen (secondary N) is 3. The number of nitrogens with zero attached hydrogens (tertiary/aromatic N) is 1. The van der Waals surface area contributed by atoms with Crippen LogP contribution in [0, 0.1) is 11.3 Å². The molecule has 3 fully saturated rings. The molecule has 48 heavy (non-hydrogen) atoms. The highest BCUT2D eigenvalue weighted by atomic mass is 79.9. The van der Waals surface area contributed by atoms with Crippen molar-refractivity contribution in [2.75, 3.05) is 13.2 Å². The van der Waals surface area contributed by atoms with Crippen LogP contribution >= 0.6 is 15.9 Å². The highest BCUT2D eigenvalue weighted by Gasteiger charge is 2.62. The zero-order chi connectivity index (χ0) is 34.9. The van der Waals surface area contributed by atoms with Crippen LogP contribution in [0.3, 0.4) is 0 Å². The van der Waals surface area contributed by atoms with Crippen LogP contribution in [0.2, 0.25) is 0 Å². The molecule has 2 aliphatic carbocycles. The van der Waals surface area contributed by atoms with Gasteiger partial charge in [0.2, 0.25) is 21.8 Å². The number of hydrogen-bond donors (Lipinski definition) is 3. The van der Waals surface area contributed by atoms with Gasteiger partial charge in [0.05, 0.1) is 18.4 Å². The van der Waals surface area contributed by atoms with Crippen molar-refractivity contribution in [3.05, 3.63) is 53.0 Å². The summed E-state index contributed by atoms with van der Waals surface area (Å²) >= 11 is 3.52. The lowest BCUT2D eigenvalue weighted by Gasteiger charge is -2.35. The minimum absolute atomic E-state index is 0.0299. The summed E-state index contributed by atoms with van der Waals surface area (Å²) < 4.78 is 40.1. The van der Waals surface area contributed by atoms with E-state index in [0.717, 1.165) is 22.9 Å². The number of halogens is 1. The van der Waals surface area contributed by atoms with Crippen molar-refractivity contribution in [3.8, 4) is 5.75 Å². The quantitative estimate of drug-likeness (QED) is 0.370. The number of sulfonamides is 1. The molecule has 2 heterocycles. The molecule has 4 aliphatic rings. The monoisotopic (exact) mass is 748 g/mol. The van der Waals surface area contributed by atoms with E-state index in [4.69, 9.17) is 9.47 Å². The van der Waals surface area contributed by atoms with Crippen molar-refractivity contribution in [1.82, 2.24) is 20.3 Å². The van der Waals surface area contributed by atoms with Crippen molar-refractivity contribution in [3.63, 3.8) is 0 Å². The molecule has 262 valence electrons. The summed E-state index contributed by atoms with van der Waals surface area (Å²) in [5.41, 5.74) is -1.35. The lowest BCUT2D eigenvalue weighted by molar-refractivity contribution is -0.142. The standard InChI is InChI=1S/C34H45BrN4O8S/c1-5-22-19-34(22,31(42)38-48(44,45)25-14-15-25)37-29(40)26-18-24-20-39(26)30(41)28(33(2,3)4)36-32(43)46-16-10-8-6-7-9-11-21-12-13-23(35)17-27(21)47-24/h5,7,9,12-13,17,22,24-26,28H,1,6,8,10-11,14-16,18-20H2,2-4H3,(H,36,43)(H,37,40)(H,38,42)/b9-7+/t22-,24+,26-,28+,34+/m0/s1. The van der Waals surface area contributed by atoms with Gasteiger partial charge in [-0.25, -0.2) is 13.2 Å². The molecular weight excluding hydrogens is 704 g/mol. The molecule has 1 aromatic rings. The topological polar surface area (TPSA) is 160 Å². The Labute approximate surface area is 290 Å². The molecule has 12 nitrogen and oxygen atoms in total. The van der Waals surface area contributed by atoms with Gasteiger partial charge in [0.15, 0.2) is 0 Å². The number of carbonyl (C=O) groups is 4. The van der Waals surface area contributed by atoms with Gasteiger partial charge in [-0.15, -0.1) is 6.58 Å². The lowest BCUT2D eigenvalue weighted by atomic mass is 9.85. The Kier molecular flexibility index (Phi) is 10.6. The van der Waals surface area contributed by atoms with Gasteiger partial charge in [-0.3, -0.25) is 19.1 Å². The maximum atomic E-state index is 14.3. The molecule has 2 aliphatic heterocycles. The molecule has 5 atom stereocenters. The first-order chi connectivity index (χ1) is 22.6. The normalized spacial score (nSPS) is 29.1. The Hall–Kier alpha value is -3.39. The third-order valence-corrected chi connectivity index (χ3v) is 11.6. The number of amides is 4. The van der Waals surface area contributed by atoms with E-state index in [1.165, 1.54) is 11.0 Å². The Morgan fingerprint density at radius 1 is 1.17 bits per heavy atom. The van der Waals surface area contributed by atoms with E-state index in [1.807, 2.05) is 18.2 Å². The van der Waals surface area contributed by atoms with Crippen LogP contribution in [0.1, 0.15) is 71.3 Å². The number of fused-ring (bicyclic) bond motifs is 3. The second-order valence-electron chi connectivity index (χ2n) is 14.2. The summed E-state index contributed by atoms with van der Waals surface area (Å²) in [4.78, 5) is 56.1. The fourth-order valence-corrected chi connectivity index (χ4v) is 7.92. The van der Waals surface area contributed by atoms with E-state index in [9.17, 15) is 27.6 Å². The van der Waals surface area contributed by atoms with Gasteiger partial charge >= 0.3 is 6.09 Å². The molecule has 5 rings (SSSR count). The Morgan fingerprint density at radius 2 is 1.92 bits per heavy atom. The van der Waals surface area contributed by atoms with Crippen molar-refractivity contribution < 1.29 is 37.1 Å². The molecule has 0 unspecified atom stereocenters. The number of allylic oxidation sites excluding steroid dienone is 2. The average Bonchev–Trinajstić information content (AvgIpc) is 3.94. The number of cyclic esters (lactones) is 1. The zero-order valence-electron chi connectivity index (χ0n) is 27.6. The van der Waals surface area contributed by atoms with Gasteiger partial charge in [0.1, 0.15) is 29.5 Å². The highest BCUT2D eigenvalue weighted by molar-refractivity contribution is 9.10. The summed E-state index contributed by atoms with van der Waals surface area (Å²) in [6.45, 7) is 9.40. The zero-order valence-corrected chi connectivity index (χ0v) is 30.0. The van der Waals surface area contributed by atoms with Crippen molar-refractivity contribution in [1.29, 1.82) is 0 Å². The number of ether oxygens (including phenoxy) is 2. The number of alkyl carbamates (subject to hydrolysis) is 1. The molecule has 4 amide bonds. The summed E-state index contributed by atoms with van der Waals surface area (Å²) in [5.74, 6) is -1.84. The number of rotatable bonds is 6. The first-order valence-electron chi connectivity index (χ1n) is 16.5. The minimum Gasteiger partial charge on any atom is -0.488 e. The van der Waals surface area contributed by atoms with Crippen molar-refractivity contribution in [2.24, 2.45) is 11.3 Å². The molecule has 1 saturated heterocycles. The third-order valence-electron chi connectivity index (χ3n) is 9.30. The molecular formula is C34H45BrN4O8S. The predicted molar refractivity (Wildman–Crippen MR) is 182 cm³/mol. The van der Waals surface area contributed by atoms with Gasteiger partial charge in [0, 0.05) is 16.8 Å². The van der Waals surface area contributed by atoms with E-state index in [2.05, 4.69) is 50.0 Å². The molecule has 2 saturated carbocycles. The van der Waals surface area contributed by atoms with E-state index >= 15 is 0 Å². The van der Waals surface area contributed by atoms with Crippen LogP contribution in [0.4, 0.5) is 4.79 Å². The van der Waals surface area contributed by atoms with Gasteiger partial charge < -0.3 is 25.0 Å². The molecule has 0 spiro atoms. The number of benzene rings is 1. The maximum Gasteiger partial charge on any atom is 0.407 e. The van der Waals surface area contributed by atoms with Crippen molar-refractivity contribution in [2.45, 2.75) is 101 Å². The molecule has 3 N–H and O–H groups in total. The van der Waals surface area contributed by atoms with E-state index in [1.54, 1.807) is 20.8 Å². The predicted octanol–water partition coefficient (Wildman–Crippen LogP) is 3.89. The summed E-state index contributed by atoms with van der Waals surface area (Å²) in [5, 5.41) is 4.90. The summed E-state index contributed by atoms with van der Waals surface area (Å²) in [6, 6.07) is 3.61. The molecule has 2 bridgehead atoms. The largest absolute Gasteiger partial charge is 0.488 e. The van der Waals surface area contributed by atoms with E-state index in [-0.39, 0.29) is 26.0 Å². The Morgan fingerprint density at radius 3 is 2.58 bits per heavy atom. The van der Waals surface area contributed by atoms with Gasteiger partial charge in [-0.1, -0.05) is 61.0 Å². The summed E-state index contributed by atoms with van der Waals surface area (Å²) in [7, 11) is -3.87. The van der Waals surface area contributed by atoms with Gasteiger partial charge in [0.25, 0.3) is 5.91 Å². The van der Waals surface area contributed by atoms with Crippen molar-refractivity contribution >= 4 is 49.8 Å². The smallest absolute Gasteiger partial charge is 0.407 e. The van der Waals surface area contributed by atoms with Gasteiger partial charge in [-0.05, 0) is 68.1 Å². The molecule has 0 radical (unpaired) electrons. The van der Waals surface area contributed by atoms with Crippen LogP contribution in [-0.4, -0.2) is 79.3 Å². The maximum absolute atomic E-state index is 14.3. The third kappa shape index (κ3) is 8.24. The fraction of sp³-hybridized carbons (Fsp3) is 0.588. The molecule has 14 heteroatoms. The first kappa shape index (κ1) is 35.9. The molecule has 1 aromatic carbocycles.